The van der Waals surface area contributed by atoms with Crippen LogP contribution in [0, 0.1) is 0 Å². The zero-order chi connectivity index (χ0) is 12.9. The van der Waals surface area contributed by atoms with E-state index in [4.69, 9.17) is 15.2 Å². The van der Waals surface area contributed by atoms with Crippen molar-refractivity contribution in [2.45, 2.75) is 26.4 Å². The fourth-order valence-corrected chi connectivity index (χ4v) is 1.14. The molecule has 0 amide bonds. The van der Waals surface area contributed by atoms with Gasteiger partial charge in [0.1, 0.15) is 6.61 Å². The van der Waals surface area contributed by atoms with E-state index in [1.165, 1.54) is 6.20 Å². The summed E-state index contributed by atoms with van der Waals surface area (Å²) in [7, 11) is 0. The van der Waals surface area contributed by atoms with E-state index in [-0.39, 0.29) is 17.9 Å². The maximum atomic E-state index is 11.6. The van der Waals surface area contributed by atoms with Crippen LogP contribution < -0.4 is 5.73 Å². The Bertz CT molecular complexity index is 386. The highest BCUT2D eigenvalue weighted by Crippen LogP contribution is 2.09. The molecule has 2 N–H and O–H groups in total. The maximum Gasteiger partial charge on any atom is 0.359 e. The van der Waals surface area contributed by atoms with Crippen LogP contribution in [0.3, 0.4) is 0 Å². The van der Waals surface area contributed by atoms with Crippen LogP contribution in [-0.2, 0) is 9.47 Å². The topological polar surface area (TPSA) is 74.4 Å². The molecule has 0 aliphatic heterocycles. The smallest absolute Gasteiger partial charge is 0.359 e. The van der Waals surface area contributed by atoms with Crippen LogP contribution in [0.2, 0.25) is 0 Å². The third kappa shape index (κ3) is 4.82. The molecule has 0 bridgehead atoms. The van der Waals surface area contributed by atoms with Crippen molar-refractivity contribution in [3.05, 3.63) is 24.0 Å². The molecule has 5 nitrogen and oxygen atoms in total. The highest BCUT2D eigenvalue weighted by atomic mass is 16.6. The highest BCUT2D eigenvalue weighted by Gasteiger charge is 2.13. The predicted octanol–water partition coefficient (Wildman–Crippen LogP) is 1.64. The van der Waals surface area contributed by atoms with Gasteiger partial charge in [0.25, 0.3) is 0 Å². The third-order valence-electron chi connectivity index (χ3n) is 1.88. The molecule has 0 saturated heterocycles. The first-order valence-electron chi connectivity index (χ1n) is 5.42. The van der Waals surface area contributed by atoms with Crippen LogP contribution in [0.15, 0.2) is 18.3 Å². The van der Waals surface area contributed by atoms with Crippen LogP contribution in [0.25, 0.3) is 0 Å². The lowest BCUT2D eigenvalue weighted by Crippen LogP contribution is -2.23. The summed E-state index contributed by atoms with van der Waals surface area (Å²) in [5, 5.41) is 0. The normalized spacial score (nSPS) is 11.2. The summed E-state index contributed by atoms with van der Waals surface area (Å²) in [6.07, 6.45) is 1.50. The van der Waals surface area contributed by atoms with E-state index >= 15 is 0 Å². The molecule has 1 rings (SSSR count). The van der Waals surface area contributed by atoms with Gasteiger partial charge in [-0.15, -0.1) is 0 Å². The lowest BCUT2D eigenvalue weighted by molar-refractivity contribution is -0.0282. The Labute approximate surface area is 101 Å². The van der Waals surface area contributed by atoms with Gasteiger partial charge in [0, 0.05) is 6.20 Å². The SMILES string of the molecule is CC(C)(C)OCCOC(=O)c1ncccc1N. The summed E-state index contributed by atoms with van der Waals surface area (Å²) in [4.78, 5) is 15.4. The first-order chi connectivity index (χ1) is 7.90. The van der Waals surface area contributed by atoms with Crippen LogP contribution in [0.4, 0.5) is 5.69 Å². The molecule has 94 valence electrons. The fraction of sp³-hybridized carbons (Fsp3) is 0.500. The molecule has 1 aromatic rings. The molecule has 0 aliphatic rings. The third-order valence-corrected chi connectivity index (χ3v) is 1.88. The standard InChI is InChI=1S/C12H18N2O3/c1-12(2,3)17-8-7-16-11(15)10-9(13)5-4-6-14-10/h4-6H,7-8,13H2,1-3H3. The number of rotatable bonds is 4. The number of nitrogens with zero attached hydrogens (tertiary/aromatic N) is 1. The summed E-state index contributed by atoms with van der Waals surface area (Å²) in [6, 6.07) is 3.27. The van der Waals surface area contributed by atoms with Crippen molar-refractivity contribution in [3.8, 4) is 0 Å². The Kier molecular flexibility index (Phi) is 4.45. The van der Waals surface area contributed by atoms with Crippen molar-refractivity contribution in [1.82, 2.24) is 4.98 Å². The minimum atomic E-state index is -0.527. The van der Waals surface area contributed by atoms with Gasteiger partial charge in [0.15, 0.2) is 5.69 Å². The number of anilines is 1. The predicted molar refractivity (Wildman–Crippen MR) is 64.6 cm³/mol. The van der Waals surface area contributed by atoms with Crippen molar-refractivity contribution >= 4 is 11.7 Å². The van der Waals surface area contributed by atoms with E-state index in [1.54, 1.807) is 12.1 Å². The molecular formula is C12H18N2O3. The number of esters is 1. The minimum Gasteiger partial charge on any atom is -0.458 e. The fourth-order valence-electron chi connectivity index (χ4n) is 1.14. The average Bonchev–Trinajstić information content (AvgIpc) is 2.23. The van der Waals surface area contributed by atoms with E-state index < -0.39 is 5.97 Å². The van der Waals surface area contributed by atoms with Crippen LogP contribution >= 0.6 is 0 Å². The zero-order valence-electron chi connectivity index (χ0n) is 10.4. The Morgan fingerprint density at radius 1 is 1.41 bits per heavy atom. The number of pyridine rings is 1. The molecule has 0 aromatic carbocycles. The van der Waals surface area contributed by atoms with Crippen molar-refractivity contribution in [3.63, 3.8) is 0 Å². The van der Waals surface area contributed by atoms with Crippen LogP contribution in [-0.4, -0.2) is 29.8 Å². The molecule has 0 saturated carbocycles. The lowest BCUT2D eigenvalue weighted by Gasteiger charge is -2.19. The number of hydrogen-bond donors (Lipinski definition) is 1. The van der Waals surface area contributed by atoms with Gasteiger partial charge in [-0.2, -0.15) is 0 Å². The Morgan fingerprint density at radius 3 is 2.71 bits per heavy atom. The van der Waals surface area contributed by atoms with Gasteiger partial charge < -0.3 is 15.2 Å². The number of carbonyl (C=O) groups is 1. The zero-order valence-corrected chi connectivity index (χ0v) is 10.4. The second-order valence-corrected chi connectivity index (χ2v) is 4.54. The van der Waals surface area contributed by atoms with Gasteiger partial charge in [-0.25, -0.2) is 9.78 Å². The number of carbonyl (C=O) groups excluding carboxylic acids is 1. The molecule has 1 aromatic heterocycles. The van der Waals surface area contributed by atoms with Crippen molar-refractivity contribution in [1.29, 1.82) is 0 Å². The number of nitrogens with two attached hydrogens (primary N) is 1. The van der Waals surface area contributed by atoms with E-state index in [0.717, 1.165) is 0 Å². The number of ether oxygens (including phenoxy) is 2. The van der Waals surface area contributed by atoms with E-state index in [2.05, 4.69) is 4.98 Å². The van der Waals surface area contributed by atoms with Gasteiger partial charge in [-0.1, -0.05) is 0 Å². The van der Waals surface area contributed by atoms with Gasteiger partial charge in [0.05, 0.1) is 17.9 Å². The molecule has 17 heavy (non-hydrogen) atoms. The summed E-state index contributed by atoms with van der Waals surface area (Å²) in [5.41, 5.74) is 5.82. The number of aromatic nitrogens is 1. The lowest BCUT2D eigenvalue weighted by atomic mass is 10.2. The molecule has 0 spiro atoms. The van der Waals surface area contributed by atoms with Crippen LogP contribution in [0.1, 0.15) is 31.3 Å². The molecule has 0 radical (unpaired) electrons. The summed E-state index contributed by atoms with van der Waals surface area (Å²) < 4.78 is 10.4. The van der Waals surface area contributed by atoms with Gasteiger partial charge in [0.2, 0.25) is 0 Å². The molecule has 0 unspecified atom stereocenters. The molecule has 1 heterocycles. The summed E-state index contributed by atoms with van der Waals surface area (Å²) in [6.45, 7) is 6.34. The summed E-state index contributed by atoms with van der Waals surface area (Å²) in [5.74, 6) is -0.527. The molecule has 0 atom stereocenters. The van der Waals surface area contributed by atoms with Crippen LogP contribution in [0.5, 0.6) is 0 Å². The van der Waals surface area contributed by atoms with Crippen molar-refractivity contribution in [2.75, 3.05) is 18.9 Å². The average molecular weight is 238 g/mol. The van der Waals surface area contributed by atoms with Crippen molar-refractivity contribution < 1.29 is 14.3 Å². The Morgan fingerprint density at radius 2 is 2.12 bits per heavy atom. The van der Waals surface area contributed by atoms with Gasteiger partial charge in [-0.3, -0.25) is 0 Å². The second-order valence-electron chi connectivity index (χ2n) is 4.54. The first kappa shape index (κ1) is 13.4. The summed E-state index contributed by atoms with van der Waals surface area (Å²) >= 11 is 0. The number of hydrogen-bond acceptors (Lipinski definition) is 5. The molecule has 5 heteroatoms. The van der Waals surface area contributed by atoms with Crippen molar-refractivity contribution in [2.24, 2.45) is 0 Å². The highest BCUT2D eigenvalue weighted by molar-refractivity contribution is 5.92. The first-order valence-corrected chi connectivity index (χ1v) is 5.42. The Balaban J connectivity index is 2.39. The largest absolute Gasteiger partial charge is 0.458 e. The maximum absolute atomic E-state index is 11.6. The van der Waals surface area contributed by atoms with E-state index in [0.29, 0.717) is 12.3 Å². The quantitative estimate of drug-likeness (QED) is 0.637. The molecular weight excluding hydrogens is 220 g/mol. The number of nitrogen functional groups attached to an aromatic ring is 1. The molecule has 0 aliphatic carbocycles. The van der Waals surface area contributed by atoms with E-state index in [1.807, 2.05) is 20.8 Å². The minimum absolute atomic E-state index is 0.142. The second kappa shape index (κ2) is 5.63. The monoisotopic (exact) mass is 238 g/mol. The Hall–Kier alpha value is -1.62. The van der Waals surface area contributed by atoms with E-state index in [9.17, 15) is 4.79 Å². The molecule has 0 fully saturated rings. The van der Waals surface area contributed by atoms with Gasteiger partial charge in [-0.05, 0) is 32.9 Å². The van der Waals surface area contributed by atoms with Gasteiger partial charge >= 0.3 is 5.97 Å².